The fourth-order valence-electron chi connectivity index (χ4n) is 3.04. The second-order valence-electron chi connectivity index (χ2n) is 6.42. The van der Waals surface area contributed by atoms with Crippen molar-refractivity contribution in [1.29, 1.82) is 0 Å². The van der Waals surface area contributed by atoms with Crippen LogP contribution in [0, 0.1) is 13.1 Å². The Labute approximate surface area is 175 Å². The van der Waals surface area contributed by atoms with Crippen molar-refractivity contribution in [3.05, 3.63) is 40.5 Å². The number of rotatable bonds is 5. The lowest BCUT2D eigenvalue weighted by Gasteiger charge is -2.19. The van der Waals surface area contributed by atoms with E-state index in [1.54, 1.807) is 0 Å². The molecule has 14 heteroatoms. The maximum absolute atomic E-state index is 12.9. The molecule has 0 amide bonds. The average molecular weight is 452 g/mol. The highest BCUT2D eigenvalue weighted by atomic mass is 32.2. The van der Waals surface area contributed by atoms with E-state index in [9.17, 15) is 21.6 Å². The summed E-state index contributed by atoms with van der Waals surface area (Å²) < 4.78 is 64.8. The minimum atomic E-state index is -5.69. The number of alkyl halides is 3. The van der Waals surface area contributed by atoms with Gasteiger partial charge in [-0.1, -0.05) is 23.2 Å². The van der Waals surface area contributed by atoms with Crippen molar-refractivity contribution in [1.82, 2.24) is 9.55 Å². The maximum Gasteiger partial charge on any atom is 0.516 e. The van der Waals surface area contributed by atoms with Gasteiger partial charge in [0.2, 0.25) is 0 Å². The zero-order chi connectivity index (χ0) is 23.0. The van der Waals surface area contributed by atoms with E-state index in [0.29, 0.717) is 25.2 Å². The number of fused-ring (bicyclic) bond motifs is 1. The van der Waals surface area contributed by atoms with Crippen molar-refractivity contribution < 1.29 is 21.6 Å². The molecule has 1 aromatic carbocycles. The molecule has 2 heterocycles. The molecule has 0 saturated carbocycles. The van der Waals surface area contributed by atoms with E-state index < -0.39 is 21.2 Å². The Morgan fingerprint density at radius 2 is 1.97 bits per heavy atom. The van der Waals surface area contributed by atoms with E-state index in [-0.39, 0.29) is 23.3 Å². The molecule has 31 heavy (non-hydrogen) atoms. The third-order valence-corrected chi connectivity index (χ3v) is 5.70. The van der Waals surface area contributed by atoms with Gasteiger partial charge < -0.3 is 14.6 Å². The molecular weight excluding hydrogens is 437 g/mol. The summed E-state index contributed by atoms with van der Waals surface area (Å²) in [5, 5.41) is 7.71. The predicted molar refractivity (Wildman–Crippen MR) is 107 cm³/mol. The maximum atomic E-state index is 12.9. The summed E-state index contributed by atoms with van der Waals surface area (Å²) >= 11 is 0. The highest BCUT2D eigenvalue weighted by molar-refractivity contribution is 7.93. The molecule has 1 N–H and O–H groups in total. The molecule has 0 aliphatic carbocycles. The number of azo groups is 1. The number of nitrogens with zero attached hydrogens (tertiary/aromatic N) is 7. The number of halogens is 3. The van der Waals surface area contributed by atoms with Crippen molar-refractivity contribution in [2.45, 2.75) is 18.9 Å². The van der Waals surface area contributed by atoms with Gasteiger partial charge >= 0.3 is 21.5 Å². The first-order valence-electron chi connectivity index (χ1n) is 8.76. The van der Waals surface area contributed by atoms with E-state index >= 15 is 0 Å². The Balaban J connectivity index is 2.10. The summed E-state index contributed by atoms with van der Waals surface area (Å²) in [7, 11) is -4.26. The van der Waals surface area contributed by atoms with Crippen molar-refractivity contribution in [2.75, 3.05) is 22.7 Å². The van der Waals surface area contributed by atoms with Gasteiger partial charge in [-0.2, -0.15) is 21.6 Å². The Bertz CT molecular complexity index is 1250. The van der Waals surface area contributed by atoms with Gasteiger partial charge in [0.1, 0.15) is 5.69 Å². The van der Waals surface area contributed by atoms with Crippen molar-refractivity contribution >= 4 is 44.7 Å². The lowest BCUT2D eigenvalue weighted by Crippen LogP contribution is -2.30. The Morgan fingerprint density at radius 1 is 1.26 bits per heavy atom. The van der Waals surface area contributed by atoms with Crippen LogP contribution in [0.25, 0.3) is 9.69 Å². The molecule has 162 valence electrons. The second-order valence-corrected chi connectivity index (χ2v) is 8.09. The smallest absolute Gasteiger partial charge is 0.373 e. The molecule has 0 saturated heterocycles. The number of anilines is 2. The SMILES string of the molecule is [C-]#[N+]c1nc(N=Nc2cc3c(cc2NS(=O)(=O)C(F)(F)F)N(CC)CC3)n(C)c1[N+]#[C-]. The molecule has 0 bridgehead atoms. The fraction of sp³-hybridized carbons (Fsp3) is 0.353. The number of hydrogen-bond donors (Lipinski definition) is 1. The van der Waals surface area contributed by atoms with Crippen LogP contribution in [0.5, 0.6) is 0 Å². The first-order valence-corrected chi connectivity index (χ1v) is 10.2. The number of imidazole rings is 1. The molecule has 10 nitrogen and oxygen atoms in total. The first kappa shape index (κ1) is 22.0. The lowest BCUT2D eigenvalue weighted by atomic mass is 10.1. The van der Waals surface area contributed by atoms with E-state index in [2.05, 4.69) is 24.9 Å². The standard InChI is InChI=1S/C17H15F3N8O2S/c1-5-28-7-6-10-8-11(12(9-13(10)28)26-31(29,30)17(18,19)20)24-25-16-23-14(21-2)15(22-3)27(16)4/h8-9,26H,5-7H2,1,4H3. The van der Waals surface area contributed by atoms with Crippen molar-refractivity contribution in [2.24, 2.45) is 17.3 Å². The largest absolute Gasteiger partial charge is 0.516 e. The van der Waals surface area contributed by atoms with Gasteiger partial charge in [-0.25, -0.2) is 4.57 Å². The van der Waals surface area contributed by atoms with Gasteiger partial charge in [0.15, 0.2) is 0 Å². The number of nitrogens with one attached hydrogen (secondary N) is 1. The molecule has 0 radical (unpaired) electrons. The summed E-state index contributed by atoms with van der Waals surface area (Å²) in [4.78, 5) is 12.1. The Hall–Kier alpha value is -3.65. The number of hydrogen-bond acceptors (Lipinski definition) is 6. The zero-order valence-electron chi connectivity index (χ0n) is 16.3. The summed E-state index contributed by atoms with van der Waals surface area (Å²) in [6.45, 7) is 17.2. The number of likely N-dealkylation sites (N-methyl/N-ethyl adjacent to an activating group) is 1. The average Bonchev–Trinajstić information content (AvgIpc) is 3.24. The van der Waals surface area contributed by atoms with Crippen LogP contribution in [-0.2, 0) is 23.5 Å². The van der Waals surface area contributed by atoms with Gasteiger partial charge in [0, 0.05) is 18.8 Å². The van der Waals surface area contributed by atoms with Crippen LogP contribution in [0.1, 0.15) is 12.5 Å². The van der Waals surface area contributed by atoms with Gasteiger partial charge in [-0.05, 0) is 31.0 Å². The summed E-state index contributed by atoms with van der Waals surface area (Å²) in [5.41, 5.74) is -4.69. The summed E-state index contributed by atoms with van der Waals surface area (Å²) in [6, 6.07) is 2.74. The van der Waals surface area contributed by atoms with E-state index in [0.717, 1.165) is 5.56 Å². The molecule has 3 rings (SSSR count). The molecule has 0 unspecified atom stereocenters. The van der Waals surface area contributed by atoms with Crippen molar-refractivity contribution in [3.63, 3.8) is 0 Å². The highest BCUT2D eigenvalue weighted by Crippen LogP contribution is 2.40. The number of aromatic nitrogens is 2. The van der Waals surface area contributed by atoms with Gasteiger partial charge in [-0.15, -0.1) is 5.11 Å². The van der Waals surface area contributed by atoms with Crippen LogP contribution in [0.15, 0.2) is 22.4 Å². The molecule has 2 aromatic rings. The molecule has 0 spiro atoms. The minimum absolute atomic E-state index is 0.0745. The van der Waals surface area contributed by atoms with Crippen LogP contribution in [0.3, 0.4) is 0 Å². The monoisotopic (exact) mass is 452 g/mol. The zero-order valence-corrected chi connectivity index (χ0v) is 17.1. The van der Waals surface area contributed by atoms with Crippen LogP contribution in [0.4, 0.5) is 47.8 Å². The molecular formula is C17H15F3N8O2S. The minimum Gasteiger partial charge on any atom is -0.373 e. The predicted octanol–water partition coefficient (Wildman–Crippen LogP) is 4.58. The number of sulfonamides is 1. The van der Waals surface area contributed by atoms with Gasteiger partial charge in [-0.3, -0.25) is 4.72 Å². The van der Waals surface area contributed by atoms with Crippen LogP contribution in [-0.4, -0.2) is 36.6 Å². The summed E-state index contributed by atoms with van der Waals surface area (Å²) in [5.74, 6) is -0.399. The van der Waals surface area contributed by atoms with Crippen LogP contribution in [0.2, 0.25) is 0 Å². The van der Waals surface area contributed by atoms with E-state index in [4.69, 9.17) is 13.1 Å². The van der Waals surface area contributed by atoms with Gasteiger partial charge in [0.05, 0.1) is 12.7 Å². The van der Waals surface area contributed by atoms with Crippen molar-refractivity contribution in [3.8, 4) is 0 Å². The van der Waals surface area contributed by atoms with Crippen LogP contribution < -0.4 is 9.62 Å². The normalized spacial score (nSPS) is 13.8. The molecule has 1 aliphatic heterocycles. The highest BCUT2D eigenvalue weighted by Gasteiger charge is 2.46. The quantitative estimate of drug-likeness (QED) is 0.530. The topological polar surface area (TPSA) is 101 Å². The molecule has 0 fully saturated rings. The lowest BCUT2D eigenvalue weighted by molar-refractivity contribution is -0.0429. The Kier molecular flexibility index (Phi) is 5.61. The number of benzene rings is 1. The third kappa shape index (κ3) is 4.02. The van der Waals surface area contributed by atoms with Gasteiger partial charge in [0.25, 0.3) is 11.6 Å². The molecule has 1 aromatic heterocycles. The van der Waals surface area contributed by atoms with E-state index in [1.807, 2.05) is 11.8 Å². The second kappa shape index (κ2) is 7.88. The fourth-order valence-corrected chi connectivity index (χ4v) is 3.61. The summed E-state index contributed by atoms with van der Waals surface area (Å²) in [6.07, 6.45) is 0.601. The molecule has 1 aliphatic rings. The van der Waals surface area contributed by atoms with E-state index in [1.165, 1.54) is 28.5 Å². The first-order chi connectivity index (χ1) is 14.5. The molecule has 0 atom stereocenters. The third-order valence-electron chi connectivity index (χ3n) is 4.60. The van der Waals surface area contributed by atoms with Crippen LogP contribution >= 0.6 is 0 Å². The Morgan fingerprint density at radius 3 is 2.52 bits per heavy atom.